The van der Waals surface area contributed by atoms with Crippen LogP contribution in [0.3, 0.4) is 0 Å². The predicted octanol–water partition coefficient (Wildman–Crippen LogP) is 1.56. The highest BCUT2D eigenvalue weighted by Gasteiger charge is 2.30. The maximum Gasteiger partial charge on any atom is 0.0952 e. The Morgan fingerprint density at radius 1 is 1.62 bits per heavy atom. The number of imidazole rings is 1. The van der Waals surface area contributed by atoms with E-state index in [1.54, 1.807) is 7.11 Å². The number of hydrogen-bond acceptors (Lipinski definition) is 3. The Kier molecular flexibility index (Phi) is 3.61. The lowest BCUT2D eigenvalue weighted by Crippen LogP contribution is -2.25. The van der Waals surface area contributed by atoms with Crippen molar-refractivity contribution in [3.8, 4) is 0 Å². The zero-order valence-electron chi connectivity index (χ0n) is 10.3. The first-order valence-corrected chi connectivity index (χ1v) is 6.03. The molecule has 2 rings (SSSR count). The standard InChI is InChI=1S/C12H21N3O/c1-4-9(2)10-5-14-8-15(10)11-6-13-7-12(11)16-3/h5,8-9,11-13H,4,6-7H2,1-3H3/t9?,11?,12-/m0/s1. The summed E-state index contributed by atoms with van der Waals surface area (Å²) in [5.74, 6) is 0.556. The molecule has 16 heavy (non-hydrogen) atoms. The summed E-state index contributed by atoms with van der Waals surface area (Å²) in [6.07, 6.45) is 5.32. The van der Waals surface area contributed by atoms with Gasteiger partial charge >= 0.3 is 0 Å². The SMILES string of the molecule is CCC(C)c1cncn1C1CNC[C@@H]1OC. The van der Waals surface area contributed by atoms with E-state index >= 15 is 0 Å². The van der Waals surface area contributed by atoms with Gasteiger partial charge in [0.15, 0.2) is 0 Å². The van der Waals surface area contributed by atoms with Gasteiger partial charge in [-0.2, -0.15) is 0 Å². The number of ether oxygens (including phenoxy) is 1. The number of aromatic nitrogens is 2. The molecule has 0 saturated carbocycles. The average molecular weight is 223 g/mol. The second-order valence-corrected chi connectivity index (χ2v) is 4.53. The van der Waals surface area contributed by atoms with E-state index in [-0.39, 0.29) is 6.10 Å². The third-order valence-electron chi connectivity index (χ3n) is 3.60. The molecule has 1 N–H and O–H groups in total. The van der Waals surface area contributed by atoms with E-state index in [2.05, 4.69) is 28.7 Å². The van der Waals surface area contributed by atoms with Crippen LogP contribution in [-0.2, 0) is 4.74 Å². The van der Waals surface area contributed by atoms with Gasteiger partial charge in [0.1, 0.15) is 0 Å². The van der Waals surface area contributed by atoms with Gasteiger partial charge in [-0.1, -0.05) is 13.8 Å². The van der Waals surface area contributed by atoms with Gasteiger partial charge in [-0.05, 0) is 12.3 Å². The summed E-state index contributed by atoms with van der Waals surface area (Å²) in [5, 5.41) is 3.37. The summed E-state index contributed by atoms with van der Waals surface area (Å²) < 4.78 is 7.78. The number of methoxy groups -OCH3 is 1. The fourth-order valence-corrected chi connectivity index (χ4v) is 2.34. The van der Waals surface area contributed by atoms with Crippen LogP contribution in [-0.4, -0.2) is 35.9 Å². The first-order valence-electron chi connectivity index (χ1n) is 6.03. The van der Waals surface area contributed by atoms with E-state index in [0.29, 0.717) is 12.0 Å². The Hall–Kier alpha value is -0.870. The molecule has 3 atom stereocenters. The minimum atomic E-state index is 0.261. The van der Waals surface area contributed by atoms with Crippen molar-refractivity contribution in [2.24, 2.45) is 0 Å². The molecular weight excluding hydrogens is 202 g/mol. The quantitative estimate of drug-likeness (QED) is 0.842. The molecule has 1 fully saturated rings. The zero-order valence-corrected chi connectivity index (χ0v) is 10.3. The van der Waals surface area contributed by atoms with Gasteiger partial charge in [0.25, 0.3) is 0 Å². The molecule has 1 aromatic rings. The molecule has 1 aromatic heterocycles. The molecule has 0 aliphatic carbocycles. The highest BCUT2D eigenvalue weighted by molar-refractivity contribution is 5.08. The molecule has 4 heteroatoms. The maximum absolute atomic E-state index is 5.50. The van der Waals surface area contributed by atoms with Crippen molar-refractivity contribution >= 4 is 0 Å². The van der Waals surface area contributed by atoms with Gasteiger partial charge in [0, 0.05) is 32.1 Å². The zero-order chi connectivity index (χ0) is 11.5. The highest BCUT2D eigenvalue weighted by Crippen LogP contribution is 2.25. The summed E-state index contributed by atoms with van der Waals surface area (Å²) in [6, 6.07) is 0.386. The summed E-state index contributed by atoms with van der Waals surface area (Å²) in [5.41, 5.74) is 1.32. The van der Waals surface area contributed by atoms with Crippen molar-refractivity contribution in [1.82, 2.24) is 14.9 Å². The number of rotatable bonds is 4. The van der Waals surface area contributed by atoms with Crippen molar-refractivity contribution in [2.45, 2.75) is 38.3 Å². The van der Waals surface area contributed by atoms with Gasteiger partial charge in [-0.3, -0.25) is 0 Å². The lowest BCUT2D eigenvalue weighted by Gasteiger charge is -2.22. The highest BCUT2D eigenvalue weighted by atomic mass is 16.5. The number of nitrogens with one attached hydrogen (secondary N) is 1. The van der Waals surface area contributed by atoms with E-state index in [1.165, 1.54) is 5.69 Å². The molecule has 4 nitrogen and oxygen atoms in total. The molecule has 1 aliphatic rings. The van der Waals surface area contributed by atoms with Gasteiger partial charge in [-0.25, -0.2) is 4.98 Å². The van der Waals surface area contributed by atoms with Gasteiger partial charge in [-0.15, -0.1) is 0 Å². The molecule has 0 spiro atoms. The lowest BCUT2D eigenvalue weighted by atomic mass is 10.0. The van der Waals surface area contributed by atoms with Gasteiger partial charge < -0.3 is 14.6 Å². The molecule has 1 saturated heterocycles. The van der Waals surface area contributed by atoms with Crippen LogP contribution in [0.4, 0.5) is 0 Å². The Labute approximate surface area is 97.0 Å². The first kappa shape index (κ1) is 11.6. The molecule has 90 valence electrons. The largest absolute Gasteiger partial charge is 0.378 e. The predicted molar refractivity (Wildman–Crippen MR) is 63.6 cm³/mol. The fourth-order valence-electron chi connectivity index (χ4n) is 2.34. The topological polar surface area (TPSA) is 39.1 Å². The van der Waals surface area contributed by atoms with Crippen molar-refractivity contribution in [1.29, 1.82) is 0 Å². The summed E-state index contributed by atoms with van der Waals surface area (Å²) in [6.45, 7) is 6.36. The Morgan fingerprint density at radius 3 is 3.12 bits per heavy atom. The van der Waals surface area contributed by atoms with Crippen LogP contribution < -0.4 is 5.32 Å². The van der Waals surface area contributed by atoms with Crippen LogP contribution in [0.1, 0.15) is 37.9 Å². The van der Waals surface area contributed by atoms with Crippen molar-refractivity contribution in [3.05, 3.63) is 18.2 Å². The fraction of sp³-hybridized carbons (Fsp3) is 0.750. The van der Waals surface area contributed by atoms with E-state index in [4.69, 9.17) is 4.74 Å². The summed E-state index contributed by atoms with van der Waals surface area (Å²) >= 11 is 0. The van der Waals surface area contributed by atoms with Gasteiger partial charge in [0.05, 0.1) is 18.5 Å². The molecule has 0 radical (unpaired) electrons. The Balaban J connectivity index is 2.22. The van der Waals surface area contributed by atoms with Crippen LogP contribution in [0.2, 0.25) is 0 Å². The Bertz CT molecular complexity index is 337. The monoisotopic (exact) mass is 223 g/mol. The summed E-state index contributed by atoms with van der Waals surface area (Å²) in [4.78, 5) is 4.28. The summed E-state index contributed by atoms with van der Waals surface area (Å²) in [7, 11) is 1.78. The Morgan fingerprint density at radius 2 is 2.44 bits per heavy atom. The maximum atomic E-state index is 5.50. The molecule has 2 heterocycles. The molecular formula is C12H21N3O. The minimum absolute atomic E-state index is 0.261. The molecule has 0 aromatic carbocycles. The van der Waals surface area contributed by atoms with Gasteiger partial charge in [0.2, 0.25) is 0 Å². The van der Waals surface area contributed by atoms with E-state index in [9.17, 15) is 0 Å². The third kappa shape index (κ3) is 1.99. The number of hydrogen-bond donors (Lipinski definition) is 1. The molecule has 1 aliphatic heterocycles. The van der Waals surface area contributed by atoms with E-state index in [1.807, 2.05) is 12.5 Å². The van der Waals surface area contributed by atoms with Crippen LogP contribution in [0.5, 0.6) is 0 Å². The van der Waals surface area contributed by atoms with Crippen LogP contribution >= 0.6 is 0 Å². The van der Waals surface area contributed by atoms with Crippen LogP contribution in [0, 0.1) is 0 Å². The molecule has 0 bridgehead atoms. The molecule has 0 amide bonds. The second kappa shape index (κ2) is 4.97. The van der Waals surface area contributed by atoms with Crippen molar-refractivity contribution < 1.29 is 4.74 Å². The first-order chi connectivity index (χ1) is 7.77. The van der Waals surface area contributed by atoms with Crippen molar-refractivity contribution in [2.75, 3.05) is 20.2 Å². The normalized spacial score (nSPS) is 27.2. The van der Waals surface area contributed by atoms with Crippen molar-refractivity contribution in [3.63, 3.8) is 0 Å². The smallest absolute Gasteiger partial charge is 0.0952 e. The lowest BCUT2D eigenvalue weighted by molar-refractivity contribution is 0.0854. The second-order valence-electron chi connectivity index (χ2n) is 4.53. The average Bonchev–Trinajstić information content (AvgIpc) is 2.94. The van der Waals surface area contributed by atoms with Crippen LogP contribution in [0.15, 0.2) is 12.5 Å². The van der Waals surface area contributed by atoms with E-state index < -0.39 is 0 Å². The van der Waals surface area contributed by atoms with Crippen LogP contribution in [0.25, 0.3) is 0 Å². The number of nitrogens with zero attached hydrogens (tertiary/aromatic N) is 2. The molecule has 2 unspecified atom stereocenters. The van der Waals surface area contributed by atoms with E-state index in [0.717, 1.165) is 19.5 Å². The third-order valence-corrected chi connectivity index (χ3v) is 3.60. The minimum Gasteiger partial charge on any atom is -0.378 e.